The average molecular weight is 333 g/mol. The largest absolute Gasteiger partial charge is 0.492 e. The summed E-state index contributed by atoms with van der Waals surface area (Å²) >= 11 is 3.39. The van der Waals surface area contributed by atoms with Crippen LogP contribution in [0.2, 0.25) is 0 Å². The molecule has 2 heterocycles. The maximum Gasteiger partial charge on any atom is 0.236 e. The van der Waals surface area contributed by atoms with E-state index < -0.39 is 0 Å². The quantitative estimate of drug-likeness (QED) is 0.918. The second-order valence-corrected chi connectivity index (χ2v) is 5.51. The first kappa shape index (κ1) is 13.1. The molecule has 1 aromatic carbocycles. The van der Waals surface area contributed by atoms with Crippen LogP contribution in [0.1, 0.15) is 17.2 Å². The minimum Gasteiger partial charge on any atom is -0.492 e. The molecule has 0 bridgehead atoms. The number of nitrogens with one attached hydrogen (secondary N) is 1. The molecule has 20 heavy (non-hydrogen) atoms. The molecule has 5 heteroatoms. The van der Waals surface area contributed by atoms with Crippen molar-refractivity contribution in [3.8, 4) is 5.75 Å². The number of para-hydroxylation sites is 1. The van der Waals surface area contributed by atoms with E-state index in [4.69, 9.17) is 4.74 Å². The summed E-state index contributed by atoms with van der Waals surface area (Å²) in [4.78, 5) is 16.7. The van der Waals surface area contributed by atoms with E-state index in [9.17, 15) is 4.79 Å². The molecule has 1 aliphatic heterocycles. The Morgan fingerprint density at radius 3 is 2.95 bits per heavy atom. The summed E-state index contributed by atoms with van der Waals surface area (Å²) in [6, 6.07) is 11.3. The Bertz CT molecular complexity index is 673. The standard InChI is InChI=1S/C15H13BrN2O2/c1-9-12(16)6-7-14(17-9)18-15(19)11-8-20-13-5-3-2-4-10(11)13/h2-7,11H,8H2,1H3,(H,17,18,19). The molecule has 0 radical (unpaired) electrons. The number of hydrogen-bond acceptors (Lipinski definition) is 3. The highest BCUT2D eigenvalue weighted by Crippen LogP contribution is 2.34. The van der Waals surface area contributed by atoms with Crippen molar-refractivity contribution in [2.45, 2.75) is 12.8 Å². The molecule has 1 amide bonds. The zero-order chi connectivity index (χ0) is 14.1. The molecule has 0 spiro atoms. The van der Waals surface area contributed by atoms with Gasteiger partial charge in [0.2, 0.25) is 5.91 Å². The lowest BCUT2D eigenvalue weighted by Crippen LogP contribution is -2.22. The van der Waals surface area contributed by atoms with Crippen molar-refractivity contribution in [2.24, 2.45) is 0 Å². The molecule has 102 valence electrons. The molecule has 1 aliphatic rings. The third kappa shape index (κ3) is 2.41. The van der Waals surface area contributed by atoms with Gasteiger partial charge in [0.1, 0.15) is 24.1 Å². The van der Waals surface area contributed by atoms with Gasteiger partial charge in [-0.05, 0) is 41.1 Å². The van der Waals surface area contributed by atoms with Crippen molar-refractivity contribution in [1.29, 1.82) is 0 Å². The predicted octanol–water partition coefficient (Wildman–Crippen LogP) is 3.27. The van der Waals surface area contributed by atoms with E-state index in [0.29, 0.717) is 12.4 Å². The van der Waals surface area contributed by atoms with Gasteiger partial charge in [-0.25, -0.2) is 4.98 Å². The van der Waals surface area contributed by atoms with E-state index >= 15 is 0 Å². The van der Waals surface area contributed by atoms with Gasteiger partial charge < -0.3 is 10.1 Å². The van der Waals surface area contributed by atoms with Crippen molar-refractivity contribution in [1.82, 2.24) is 4.98 Å². The summed E-state index contributed by atoms with van der Waals surface area (Å²) in [6.07, 6.45) is 0. The number of anilines is 1. The first-order valence-corrected chi connectivity index (χ1v) is 7.10. The fraction of sp³-hybridized carbons (Fsp3) is 0.200. The molecule has 1 atom stereocenters. The smallest absolute Gasteiger partial charge is 0.236 e. The van der Waals surface area contributed by atoms with Gasteiger partial charge in [0.05, 0.1) is 5.69 Å². The molecule has 1 N–H and O–H groups in total. The monoisotopic (exact) mass is 332 g/mol. The fourth-order valence-electron chi connectivity index (χ4n) is 2.21. The minimum atomic E-state index is -0.281. The summed E-state index contributed by atoms with van der Waals surface area (Å²) in [5, 5.41) is 2.84. The second-order valence-electron chi connectivity index (χ2n) is 4.65. The maximum atomic E-state index is 12.3. The molecule has 2 aromatic rings. The van der Waals surface area contributed by atoms with E-state index in [1.54, 1.807) is 6.07 Å². The molecule has 0 fully saturated rings. The van der Waals surface area contributed by atoms with Gasteiger partial charge in [0.25, 0.3) is 0 Å². The number of rotatable bonds is 2. The predicted molar refractivity (Wildman–Crippen MR) is 80.0 cm³/mol. The number of pyridine rings is 1. The van der Waals surface area contributed by atoms with Crippen LogP contribution >= 0.6 is 15.9 Å². The second kappa shape index (κ2) is 5.25. The zero-order valence-corrected chi connectivity index (χ0v) is 12.5. The Kier molecular flexibility index (Phi) is 3.44. The van der Waals surface area contributed by atoms with Crippen LogP contribution in [-0.4, -0.2) is 17.5 Å². The van der Waals surface area contributed by atoms with E-state index in [0.717, 1.165) is 21.5 Å². The number of nitrogens with zero attached hydrogens (tertiary/aromatic N) is 1. The number of benzene rings is 1. The summed E-state index contributed by atoms with van der Waals surface area (Å²) in [5.74, 6) is 0.966. The molecule has 3 rings (SSSR count). The van der Waals surface area contributed by atoms with Crippen LogP contribution in [0, 0.1) is 6.92 Å². The van der Waals surface area contributed by atoms with Crippen LogP contribution < -0.4 is 10.1 Å². The highest BCUT2D eigenvalue weighted by molar-refractivity contribution is 9.10. The number of fused-ring (bicyclic) bond motifs is 1. The van der Waals surface area contributed by atoms with Crippen LogP contribution in [-0.2, 0) is 4.79 Å². The van der Waals surface area contributed by atoms with Gasteiger partial charge in [-0.3, -0.25) is 4.79 Å². The number of ether oxygens (including phenoxy) is 1. The summed E-state index contributed by atoms with van der Waals surface area (Å²) in [7, 11) is 0. The average Bonchev–Trinajstić information content (AvgIpc) is 2.87. The number of carbonyl (C=O) groups is 1. The topological polar surface area (TPSA) is 51.2 Å². The van der Waals surface area contributed by atoms with Crippen molar-refractivity contribution >= 4 is 27.7 Å². The molecule has 0 aliphatic carbocycles. The Morgan fingerprint density at radius 1 is 1.35 bits per heavy atom. The first-order chi connectivity index (χ1) is 9.65. The molecule has 0 saturated carbocycles. The number of amides is 1. The zero-order valence-electron chi connectivity index (χ0n) is 10.9. The van der Waals surface area contributed by atoms with Gasteiger partial charge in [-0.15, -0.1) is 0 Å². The molecular weight excluding hydrogens is 320 g/mol. The third-order valence-corrected chi connectivity index (χ3v) is 4.13. The number of carbonyl (C=O) groups excluding carboxylic acids is 1. The SMILES string of the molecule is Cc1nc(NC(=O)C2COc3ccccc32)ccc1Br. The van der Waals surface area contributed by atoms with E-state index in [1.165, 1.54) is 0 Å². The normalized spacial score (nSPS) is 16.4. The Morgan fingerprint density at radius 2 is 2.15 bits per heavy atom. The number of halogens is 1. The fourth-order valence-corrected chi connectivity index (χ4v) is 2.43. The summed E-state index contributed by atoms with van der Waals surface area (Å²) in [5.41, 5.74) is 1.77. The number of aromatic nitrogens is 1. The van der Waals surface area contributed by atoms with Gasteiger partial charge in [-0.1, -0.05) is 18.2 Å². The number of aryl methyl sites for hydroxylation is 1. The third-order valence-electron chi connectivity index (χ3n) is 3.29. The van der Waals surface area contributed by atoms with Gasteiger partial charge >= 0.3 is 0 Å². The Labute approximate surface area is 125 Å². The molecule has 4 nitrogen and oxygen atoms in total. The van der Waals surface area contributed by atoms with Crippen LogP contribution in [0.25, 0.3) is 0 Å². The highest BCUT2D eigenvalue weighted by atomic mass is 79.9. The van der Waals surface area contributed by atoms with E-state index in [2.05, 4.69) is 26.2 Å². The van der Waals surface area contributed by atoms with Gasteiger partial charge in [0, 0.05) is 10.0 Å². The van der Waals surface area contributed by atoms with E-state index in [1.807, 2.05) is 37.3 Å². The van der Waals surface area contributed by atoms with Crippen LogP contribution in [0.3, 0.4) is 0 Å². The first-order valence-electron chi connectivity index (χ1n) is 6.31. The molecule has 1 aromatic heterocycles. The van der Waals surface area contributed by atoms with Crippen molar-refractivity contribution in [2.75, 3.05) is 11.9 Å². The van der Waals surface area contributed by atoms with Gasteiger partial charge in [-0.2, -0.15) is 0 Å². The minimum absolute atomic E-state index is 0.0934. The summed E-state index contributed by atoms with van der Waals surface area (Å²) < 4.78 is 6.45. The van der Waals surface area contributed by atoms with Crippen molar-refractivity contribution in [3.63, 3.8) is 0 Å². The van der Waals surface area contributed by atoms with E-state index in [-0.39, 0.29) is 11.8 Å². The number of hydrogen-bond donors (Lipinski definition) is 1. The molecule has 0 saturated heterocycles. The van der Waals surface area contributed by atoms with Crippen molar-refractivity contribution < 1.29 is 9.53 Å². The highest BCUT2D eigenvalue weighted by Gasteiger charge is 2.30. The summed E-state index contributed by atoms with van der Waals surface area (Å²) in [6.45, 7) is 2.26. The van der Waals surface area contributed by atoms with Crippen LogP contribution in [0.5, 0.6) is 5.75 Å². The van der Waals surface area contributed by atoms with Crippen molar-refractivity contribution in [3.05, 3.63) is 52.1 Å². The lowest BCUT2D eigenvalue weighted by molar-refractivity contribution is -0.117. The maximum absolute atomic E-state index is 12.3. The Balaban J connectivity index is 1.79. The van der Waals surface area contributed by atoms with Gasteiger partial charge in [0.15, 0.2) is 0 Å². The Hall–Kier alpha value is -1.88. The lowest BCUT2D eigenvalue weighted by Gasteiger charge is -2.10. The lowest BCUT2D eigenvalue weighted by atomic mass is 10.0. The molecular formula is C15H13BrN2O2. The van der Waals surface area contributed by atoms with Crippen LogP contribution in [0.15, 0.2) is 40.9 Å². The molecule has 1 unspecified atom stereocenters. The van der Waals surface area contributed by atoms with Crippen LogP contribution in [0.4, 0.5) is 5.82 Å².